The number of esters is 1. The van der Waals surface area contributed by atoms with Crippen molar-refractivity contribution in [3.8, 4) is 0 Å². The van der Waals surface area contributed by atoms with Gasteiger partial charge in [-0.2, -0.15) is 0 Å². The van der Waals surface area contributed by atoms with Crippen LogP contribution in [0.15, 0.2) is 30.3 Å². The molecular formula is C28H34O5. The fraction of sp³-hybridized carbons (Fsp3) is 0.679. The van der Waals surface area contributed by atoms with E-state index < -0.39 is 11.6 Å². The van der Waals surface area contributed by atoms with Crippen LogP contribution in [0.2, 0.25) is 0 Å². The van der Waals surface area contributed by atoms with Crippen molar-refractivity contribution in [1.82, 2.24) is 0 Å². The Labute approximate surface area is 195 Å². The fourth-order valence-corrected chi connectivity index (χ4v) is 9.11. The molecule has 5 aliphatic rings. The van der Waals surface area contributed by atoms with Crippen LogP contribution in [-0.4, -0.2) is 34.8 Å². The third-order valence-electron chi connectivity index (χ3n) is 10.9. The molecule has 1 saturated heterocycles. The minimum absolute atomic E-state index is 0.0254. The molecule has 1 aromatic carbocycles. The summed E-state index contributed by atoms with van der Waals surface area (Å²) in [6.07, 6.45) is 6.69. The summed E-state index contributed by atoms with van der Waals surface area (Å²) in [7, 11) is 0. The number of rotatable bonds is 3. The monoisotopic (exact) mass is 450 g/mol. The zero-order valence-electron chi connectivity index (χ0n) is 19.9. The molecular weight excluding hydrogens is 416 g/mol. The van der Waals surface area contributed by atoms with E-state index in [0.29, 0.717) is 36.2 Å². The molecule has 0 unspecified atom stereocenters. The van der Waals surface area contributed by atoms with Gasteiger partial charge in [-0.05, 0) is 81.8 Å². The van der Waals surface area contributed by atoms with E-state index >= 15 is 0 Å². The molecule has 0 radical (unpaired) electrons. The van der Waals surface area contributed by atoms with Crippen molar-refractivity contribution in [3.63, 3.8) is 0 Å². The maximum Gasteiger partial charge on any atom is 0.339 e. The van der Waals surface area contributed by atoms with Crippen molar-refractivity contribution < 1.29 is 23.9 Å². The molecule has 4 aliphatic carbocycles. The van der Waals surface area contributed by atoms with Crippen molar-refractivity contribution in [2.45, 2.75) is 89.4 Å². The van der Waals surface area contributed by atoms with Crippen LogP contribution in [0.4, 0.5) is 0 Å². The molecule has 0 aromatic heterocycles. The minimum Gasteiger partial charge on any atom is -0.447 e. The number of fused-ring (bicyclic) bond motifs is 4. The van der Waals surface area contributed by atoms with E-state index in [9.17, 15) is 14.4 Å². The fourth-order valence-electron chi connectivity index (χ4n) is 9.11. The van der Waals surface area contributed by atoms with Crippen molar-refractivity contribution in [3.05, 3.63) is 35.9 Å². The zero-order chi connectivity index (χ0) is 23.2. The predicted molar refractivity (Wildman–Crippen MR) is 122 cm³/mol. The number of Topliss-reactive ketones (excluding diaryl/α,β-unsaturated/α-hetero) is 2. The molecule has 176 valence electrons. The molecule has 5 fully saturated rings. The number of hydrogen-bond donors (Lipinski definition) is 0. The molecule has 4 saturated carbocycles. The number of hydrogen-bond acceptors (Lipinski definition) is 5. The molecule has 1 aliphatic heterocycles. The van der Waals surface area contributed by atoms with E-state index in [1.807, 2.05) is 18.2 Å². The Morgan fingerprint density at radius 1 is 0.939 bits per heavy atom. The Bertz CT molecular complexity index is 1030. The number of carbonyl (C=O) groups is 3. The van der Waals surface area contributed by atoms with Crippen LogP contribution >= 0.6 is 0 Å². The number of benzene rings is 1. The van der Waals surface area contributed by atoms with Gasteiger partial charge in [0.2, 0.25) is 0 Å². The second kappa shape index (κ2) is 6.78. The predicted octanol–water partition coefficient (Wildman–Crippen LogP) is 4.91. The first-order valence-corrected chi connectivity index (χ1v) is 12.7. The van der Waals surface area contributed by atoms with Crippen molar-refractivity contribution in [2.24, 2.45) is 28.6 Å². The normalized spacial score (nSPS) is 47.5. The van der Waals surface area contributed by atoms with Crippen molar-refractivity contribution >= 4 is 17.5 Å². The summed E-state index contributed by atoms with van der Waals surface area (Å²) in [5, 5.41) is 0. The molecule has 1 spiro atoms. The molecule has 5 nitrogen and oxygen atoms in total. The van der Waals surface area contributed by atoms with Gasteiger partial charge in [-0.25, -0.2) is 4.79 Å². The van der Waals surface area contributed by atoms with Gasteiger partial charge in [-0.3, -0.25) is 9.59 Å². The highest BCUT2D eigenvalue weighted by atomic mass is 16.6. The maximum absolute atomic E-state index is 13.2. The van der Waals surface area contributed by atoms with Gasteiger partial charge >= 0.3 is 5.97 Å². The van der Waals surface area contributed by atoms with Gasteiger partial charge in [-0.15, -0.1) is 0 Å². The minimum atomic E-state index is -1.06. The second-order valence-electron chi connectivity index (χ2n) is 11.8. The van der Waals surface area contributed by atoms with E-state index in [4.69, 9.17) is 9.47 Å². The average Bonchev–Trinajstić information content (AvgIpc) is 3.48. The van der Waals surface area contributed by atoms with E-state index in [-0.39, 0.29) is 34.1 Å². The Morgan fingerprint density at radius 3 is 2.36 bits per heavy atom. The largest absolute Gasteiger partial charge is 0.447 e. The van der Waals surface area contributed by atoms with Gasteiger partial charge in [-0.1, -0.05) is 32.0 Å². The van der Waals surface area contributed by atoms with Crippen LogP contribution in [0.3, 0.4) is 0 Å². The first kappa shape index (κ1) is 21.5. The molecule has 33 heavy (non-hydrogen) atoms. The van der Waals surface area contributed by atoms with Crippen molar-refractivity contribution in [2.75, 3.05) is 0 Å². The molecule has 1 heterocycles. The summed E-state index contributed by atoms with van der Waals surface area (Å²) in [6, 6.07) is 9.01. The van der Waals surface area contributed by atoms with E-state index in [2.05, 4.69) is 13.8 Å². The van der Waals surface area contributed by atoms with Gasteiger partial charge in [0.05, 0.1) is 5.56 Å². The molecule has 8 atom stereocenters. The Balaban J connectivity index is 1.32. The highest BCUT2D eigenvalue weighted by Gasteiger charge is 2.77. The van der Waals surface area contributed by atoms with E-state index in [0.717, 1.165) is 38.5 Å². The molecule has 0 amide bonds. The van der Waals surface area contributed by atoms with Crippen LogP contribution in [0.1, 0.15) is 82.5 Å². The second-order valence-corrected chi connectivity index (χ2v) is 11.8. The smallest absolute Gasteiger partial charge is 0.339 e. The quantitative estimate of drug-likeness (QED) is 0.483. The Kier molecular flexibility index (Phi) is 4.42. The number of carbonyl (C=O) groups excluding carboxylic acids is 3. The van der Waals surface area contributed by atoms with Crippen LogP contribution in [0.5, 0.6) is 0 Å². The summed E-state index contributed by atoms with van der Waals surface area (Å²) in [5.41, 5.74) is -1.15. The van der Waals surface area contributed by atoms with Gasteiger partial charge in [0, 0.05) is 17.3 Å². The summed E-state index contributed by atoms with van der Waals surface area (Å²) in [6.45, 7) is 6.17. The summed E-state index contributed by atoms with van der Waals surface area (Å²) in [5.74, 6) is 1.18. The molecule has 0 bridgehead atoms. The maximum atomic E-state index is 13.2. The van der Waals surface area contributed by atoms with Crippen LogP contribution in [0.25, 0.3) is 0 Å². The van der Waals surface area contributed by atoms with Crippen LogP contribution in [-0.2, 0) is 19.1 Å². The lowest BCUT2D eigenvalue weighted by Crippen LogP contribution is -2.61. The number of epoxide rings is 1. The molecule has 0 N–H and O–H groups in total. The van der Waals surface area contributed by atoms with Crippen molar-refractivity contribution in [1.29, 1.82) is 0 Å². The number of ether oxygens (including phenoxy) is 2. The third-order valence-corrected chi connectivity index (χ3v) is 10.9. The van der Waals surface area contributed by atoms with E-state index in [1.54, 1.807) is 19.1 Å². The topological polar surface area (TPSA) is 73.0 Å². The standard InChI is InChI=1S/C28H34O5/c1-17(29)27(33-24(31)18-7-5-4-6-8-18)16-11-21-19-9-15-28-23(32-28)22(30)12-14-26(28,3)20(19)10-13-25(21,27)2/h4-8,19-21,23H,9-16H2,1-3H3/t19-,20+,21+,23-,25+,26-,27+,28-/m1/s1. The van der Waals surface area contributed by atoms with Gasteiger partial charge in [0.1, 0.15) is 11.7 Å². The SMILES string of the molecule is CC(=O)[C@@]1(OC(=O)c2ccccc2)CC[C@H]2[C@@H]3CC[C@@]45O[C@@H]4C(=O)CC[C@]5(C)[C@H]3CC[C@@]21C. The summed E-state index contributed by atoms with van der Waals surface area (Å²) < 4.78 is 12.4. The number of ketones is 2. The summed E-state index contributed by atoms with van der Waals surface area (Å²) >= 11 is 0. The lowest BCUT2D eigenvalue weighted by molar-refractivity contribution is -0.169. The van der Waals surface area contributed by atoms with E-state index in [1.165, 1.54) is 0 Å². The highest BCUT2D eigenvalue weighted by molar-refractivity contribution is 5.95. The molecule has 5 heteroatoms. The average molecular weight is 451 g/mol. The molecule has 6 rings (SSSR count). The molecule has 1 aromatic rings. The highest BCUT2D eigenvalue weighted by Crippen LogP contribution is 2.73. The Morgan fingerprint density at radius 2 is 1.64 bits per heavy atom. The first-order chi connectivity index (χ1) is 15.7. The zero-order valence-corrected chi connectivity index (χ0v) is 19.9. The van der Waals surface area contributed by atoms with Crippen LogP contribution in [0, 0.1) is 28.6 Å². The third kappa shape index (κ3) is 2.55. The van der Waals surface area contributed by atoms with Gasteiger partial charge < -0.3 is 9.47 Å². The first-order valence-electron chi connectivity index (χ1n) is 12.7. The van der Waals surface area contributed by atoms with Gasteiger partial charge in [0.25, 0.3) is 0 Å². The lowest BCUT2D eigenvalue weighted by atomic mass is 9.44. The van der Waals surface area contributed by atoms with Gasteiger partial charge in [0.15, 0.2) is 17.2 Å². The van der Waals surface area contributed by atoms with Crippen LogP contribution < -0.4 is 0 Å². The Hall–Kier alpha value is -2.01. The lowest BCUT2D eigenvalue weighted by Gasteiger charge is -2.60. The summed E-state index contributed by atoms with van der Waals surface area (Å²) in [4.78, 5) is 38.7.